The highest BCUT2D eigenvalue weighted by Crippen LogP contribution is 2.09. The number of carbonyl (C=O) groups excluding carboxylic acids is 1. The van der Waals surface area contributed by atoms with E-state index < -0.39 is 5.60 Å². The van der Waals surface area contributed by atoms with E-state index >= 15 is 0 Å². The molecule has 0 radical (unpaired) electrons. The van der Waals surface area contributed by atoms with Gasteiger partial charge in [-0.3, -0.25) is 5.84 Å². The molecule has 0 aromatic heterocycles. The topological polar surface area (TPSA) is 58.8 Å². The van der Waals surface area contributed by atoms with Crippen LogP contribution in [0.2, 0.25) is 0 Å². The molecule has 5 heteroatoms. The molecule has 0 aromatic carbocycles. The Morgan fingerprint density at radius 1 is 1.19 bits per heavy atom. The van der Waals surface area contributed by atoms with E-state index in [9.17, 15) is 4.79 Å². The average Bonchev–Trinajstić information content (AvgIpc) is 2.15. The molecule has 1 amide bonds. The summed E-state index contributed by atoms with van der Waals surface area (Å²) in [5.74, 6) is 5.66. The highest BCUT2D eigenvalue weighted by atomic mass is 16.6. The van der Waals surface area contributed by atoms with E-state index in [0.29, 0.717) is 19.6 Å². The third-order valence-electron chi connectivity index (χ3n) is 2.10. The molecule has 0 saturated carbocycles. The lowest BCUT2D eigenvalue weighted by molar-refractivity contribution is 0.0244. The molecule has 5 nitrogen and oxygen atoms in total. The van der Waals surface area contributed by atoms with Crippen molar-refractivity contribution in [2.75, 3.05) is 26.2 Å². The van der Waals surface area contributed by atoms with Gasteiger partial charge in [-0.2, -0.15) is 0 Å². The molecule has 0 aromatic rings. The van der Waals surface area contributed by atoms with Crippen molar-refractivity contribution in [1.82, 2.24) is 9.91 Å². The number of hydrogen-bond acceptors (Lipinski definition) is 4. The third-order valence-corrected chi connectivity index (χ3v) is 2.10. The molecule has 0 saturated heterocycles. The molecule has 0 fully saturated rings. The Morgan fingerprint density at radius 3 is 2.12 bits per heavy atom. The lowest BCUT2D eigenvalue weighted by Crippen LogP contribution is -2.43. The second-order valence-corrected chi connectivity index (χ2v) is 4.69. The molecule has 0 bridgehead atoms. The predicted molar refractivity (Wildman–Crippen MR) is 64.9 cm³/mol. The van der Waals surface area contributed by atoms with E-state index in [4.69, 9.17) is 10.6 Å². The highest BCUT2D eigenvalue weighted by Gasteiger charge is 2.20. The summed E-state index contributed by atoms with van der Waals surface area (Å²) in [5, 5.41) is 1.67. The van der Waals surface area contributed by atoms with Gasteiger partial charge in [0.2, 0.25) is 0 Å². The zero-order valence-corrected chi connectivity index (χ0v) is 11.1. The number of likely N-dealkylation sites (N-methyl/N-ethyl adjacent to an activating group) is 2. The van der Waals surface area contributed by atoms with Crippen LogP contribution in [0.25, 0.3) is 0 Å². The van der Waals surface area contributed by atoms with Crippen LogP contribution < -0.4 is 5.84 Å². The first-order valence-electron chi connectivity index (χ1n) is 5.77. The first-order valence-corrected chi connectivity index (χ1v) is 5.77. The van der Waals surface area contributed by atoms with Crippen LogP contribution in [0.15, 0.2) is 0 Å². The molecule has 2 N–H and O–H groups in total. The fourth-order valence-electron chi connectivity index (χ4n) is 1.11. The molecule has 96 valence electrons. The van der Waals surface area contributed by atoms with E-state index in [0.717, 1.165) is 6.54 Å². The van der Waals surface area contributed by atoms with Crippen molar-refractivity contribution in [3.63, 3.8) is 0 Å². The standard InChI is InChI=1S/C11H25N3O2/c1-6-13(8-9-14(12)7-2)10(15)16-11(3,4)5/h6-9,12H2,1-5H3. The number of nitrogens with two attached hydrogens (primary N) is 1. The van der Waals surface area contributed by atoms with Crippen molar-refractivity contribution in [1.29, 1.82) is 0 Å². The molecular weight excluding hydrogens is 206 g/mol. The number of rotatable bonds is 5. The molecule has 16 heavy (non-hydrogen) atoms. The van der Waals surface area contributed by atoms with Gasteiger partial charge < -0.3 is 9.64 Å². The number of ether oxygens (including phenoxy) is 1. The maximum atomic E-state index is 11.7. The van der Waals surface area contributed by atoms with Crippen molar-refractivity contribution in [2.24, 2.45) is 5.84 Å². The summed E-state index contributed by atoms with van der Waals surface area (Å²) >= 11 is 0. The summed E-state index contributed by atoms with van der Waals surface area (Å²) in [6.45, 7) is 12.1. The van der Waals surface area contributed by atoms with Crippen molar-refractivity contribution < 1.29 is 9.53 Å². The van der Waals surface area contributed by atoms with E-state index in [-0.39, 0.29) is 6.09 Å². The number of amides is 1. The second kappa shape index (κ2) is 6.70. The largest absolute Gasteiger partial charge is 0.444 e. The molecule has 0 heterocycles. The molecule has 0 unspecified atom stereocenters. The molecule has 0 aliphatic carbocycles. The molecule has 0 spiro atoms. The first-order chi connectivity index (χ1) is 7.30. The van der Waals surface area contributed by atoms with Gasteiger partial charge in [0.05, 0.1) is 0 Å². The van der Waals surface area contributed by atoms with Crippen LogP contribution in [0.4, 0.5) is 4.79 Å². The Morgan fingerprint density at radius 2 is 1.75 bits per heavy atom. The van der Waals surface area contributed by atoms with Crippen LogP contribution >= 0.6 is 0 Å². The summed E-state index contributed by atoms with van der Waals surface area (Å²) in [4.78, 5) is 13.4. The first kappa shape index (κ1) is 15.2. The molecular formula is C11H25N3O2. The number of hydrazine groups is 1. The van der Waals surface area contributed by atoms with Gasteiger partial charge in [-0.05, 0) is 27.7 Å². The smallest absolute Gasteiger partial charge is 0.410 e. The van der Waals surface area contributed by atoms with E-state index in [1.54, 1.807) is 9.91 Å². The highest BCUT2D eigenvalue weighted by molar-refractivity contribution is 5.68. The summed E-state index contributed by atoms with van der Waals surface area (Å²) in [5.41, 5.74) is -0.447. The van der Waals surface area contributed by atoms with E-state index in [1.807, 2.05) is 34.6 Å². The van der Waals surface area contributed by atoms with Gasteiger partial charge in [0.25, 0.3) is 0 Å². The van der Waals surface area contributed by atoms with Crippen molar-refractivity contribution in [2.45, 2.75) is 40.2 Å². The minimum absolute atomic E-state index is 0.278. The quantitative estimate of drug-likeness (QED) is 0.574. The SMILES string of the molecule is CCN(N)CCN(CC)C(=O)OC(C)(C)C. The van der Waals surface area contributed by atoms with Gasteiger partial charge >= 0.3 is 6.09 Å². The van der Waals surface area contributed by atoms with Crippen LogP contribution in [-0.4, -0.2) is 47.8 Å². The summed E-state index contributed by atoms with van der Waals surface area (Å²) in [6.07, 6.45) is -0.278. The van der Waals surface area contributed by atoms with Gasteiger partial charge in [-0.1, -0.05) is 6.92 Å². The maximum absolute atomic E-state index is 11.7. The minimum atomic E-state index is -0.447. The van der Waals surface area contributed by atoms with Crippen LogP contribution in [-0.2, 0) is 4.74 Å². The molecule has 0 aliphatic heterocycles. The Hall–Kier alpha value is -0.810. The summed E-state index contributed by atoms with van der Waals surface area (Å²) in [7, 11) is 0. The van der Waals surface area contributed by atoms with Gasteiger partial charge in [0, 0.05) is 26.2 Å². The van der Waals surface area contributed by atoms with E-state index in [2.05, 4.69) is 0 Å². The van der Waals surface area contributed by atoms with Crippen molar-refractivity contribution >= 4 is 6.09 Å². The summed E-state index contributed by atoms with van der Waals surface area (Å²) < 4.78 is 5.28. The predicted octanol–water partition coefficient (Wildman–Crippen LogP) is 1.44. The maximum Gasteiger partial charge on any atom is 0.410 e. The number of nitrogens with zero attached hydrogens (tertiary/aromatic N) is 2. The molecule has 0 atom stereocenters. The minimum Gasteiger partial charge on any atom is -0.444 e. The van der Waals surface area contributed by atoms with Crippen molar-refractivity contribution in [3.8, 4) is 0 Å². The van der Waals surface area contributed by atoms with Gasteiger partial charge in [-0.15, -0.1) is 0 Å². The van der Waals surface area contributed by atoms with Gasteiger partial charge in [0.15, 0.2) is 0 Å². The van der Waals surface area contributed by atoms with Crippen LogP contribution in [0, 0.1) is 0 Å². The molecule has 0 rings (SSSR count). The normalized spacial score (nSPS) is 11.7. The monoisotopic (exact) mass is 231 g/mol. The second-order valence-electron chi connectivity index (χ2n) is 4.69. The summed E-state index contributed by atoms with van der Waals surface area (Å²) in [6, 6.07) is 0. The van der Waals surface area contributed by atoms with E-state index in [1.165, 1.54) is 0 Å². The zero-order chi connectivity index (χ0) is 12.8. The van der Waals surface area contributed by atoms with Crippen LogP contribution in [0.1, 0.15) is 34.6 Å². The average molecular weight is 231 g/mol. The van der Waals surface area contributed by atoms with Crippen LogP contribution in [0.3, 0.4) is 0 Å². The fraction of sp³-hybridized carbons (Fsp3) is 0.909. The van der Waals surface area contributed by atoms with Crippen molar-refractivity contribution in [3.05, 3.63) is 0 Å². The van der Waals surface area contributed by atoms with Gasteiger partial charge in [-0.25, -0.2) is 9.80 Å². The zero-order valence-electron chi connectivity index (χ0n) is 11.1. The number of hydrogen-bond donors (Lipinski definition) is 1. The number of carbonyl (C=O) groups is 1. The Bertz CT molecular complexity index is 214. The Kier molecular flexibility index (Phi) is 6.36. The molecule has 0 aliphatic rings. The Balaban J connectivity index is 4.12. The van der Waals surface area contributed by atoms with Crippen LogP contribution in [0.5, 0.6) is 0 Å². The lowest BCUT2D eigenvalue weighted by atomic mass is 10.2. The third kappa shape index (κ3) is 6.63. The fourth-order valence-corrected chi connectivity index (χ4v) is 1.11. The van der Waals surface area contributed by atoms with Gasteiger partial charge in [0.1, 0.15) is 5.60 Å². The lowest BCUT2D eigenvalue weighted by Gasteiger charge is -2.27. The Labute approximate surface area is 98.5 Å².